The number of morpholine rings is 1. The fraction of sp³-hybridized carbons (Fsp3) is 0.438. The van der Waals surface area contributed by atoms with Crippen LogP contribution in [-0.4, -0.2) is 60.2 Å². The Labute approximate surface area is 157 Å². The van der Waals surface area contributed by atoms with E-state index in [2.05, 4.69) is 10.4 Å². The number of halogens is 1. The van der Waals surface area contributed by atoms with Gasteiger partial charge in [0.25, 0.3) is 0 Å². The van der Waals surface area contributed by atoms with Crippen molar-refractivity contribution in [3.05, 3.63) is 29.3 Å². The second kappa shape index (κ2) is 10.6. The lowest BCUT2D eigenvalue weighted by atomic mass is 10.1. The maximum atomic E-state index is 10.7. The van der Waals surface area contributed by atoms with E-state index in [9.17, 15) is 4.79 Å². The van der Waals surface area contributed by atoms with Gasteiger partial charge in [0, 0.05) is 18.1 Å². The summed E-state index contributed by atoms with van der Waals surface area (Å²) >= 11 is 5.67. The molecule has 0 saturated carbocycles. The van der Waals surface area contributed by atoms with Crippen LogP contribution >= 0.6 is 11.6 Å². The number of carbonyl (C=O) groups is 1. The van der Waals surface area contributed by atoms with Crippen LogP contribution < -0.4 is 16.0 Å². The molecule has 1 aromatic rings. The van der Waals surface area contributed by atoms with Crippen molar-refractivity contribution < 1.29 is 19.4 Å². The quantitative estimate of drug-likeness (QED) is 0.266. The van der Waals surface area contributed by atoms with Crippen molar-refractivity contribution in [2.45, 2.75) is 19.4 Å². The maximum absolute atomic E-state index is 10.7. The van der Waals surface area contributed by atoms with Gasteiger partial charge in [0.15, 0.2) is 5.60 Å². The molecule has 1 fully saturated rings. The lowest BCUT2D eigenvalue weighted by Crippen LogP contribution is -2.40. The van der Waals surface area contributed by atoms with Gasteiger partial charge in [-0.15, -0.1) is 0 Å². The predicted molar refractivity (Wildman–Crippen MR) is 99.7 cm³/mol. The first-order chi connectivity index (χ1) is 12.3. The van der Waals surface area contributed by atoms with Gasteiger partial charge in [-0.1, -0.05) is 11.6 Å². The SMILES string of the molecule is CC(C)(Oc1ccc(Cl)cc1)C(=O)O.N=C(N=CNN)N1CCOCC1. The third kappa shape index (κ3) is 7.68. The fourth-order valence-electron chi connectivity index (χ4n) is 1.80. The van der Waals surface area contributed by atoms with E-state index in [1.165, 1.54) is 20.2 Å². The van der Waals surface area contributed by atoms with E-state index >= 15 is 0 Å². The molecule has 1 heterocycles. The summed E-state index contributed by atoms with van der Waals surface area (Å²) in [6.07, 6.45) is 1.29. The molecule has 0 aromatic heterocycles. The Morgan fingerprint density at radius 3 is 2.50 bits per heavy atom. The summed E-state index contributed by atoms with van der Waals surface area (Å²) < 4.78 is 10.4. The van der Waals surface area contributed by atoms with E-state index in [0.717, 1.165) is 13.1 Å². The number of aliphatic imine (C=N–C) groups is 1. The molecule has 0 amide bonds. The minimum absolute atomic E-state index is 0.219. The van der Waals surface area contributed by atoms with Crippen molar-refractivity contribution in [1.29, 1.82) is 5.41 Å². The Hall–Kier alpha value is -2.36. The number of benzene rings is 1. The molecule has 0 radical (unpaired) electrons. The first kappa shape index (κ1) is 21.7. The number of nitrogens with zero attached hydrogens (tertiary/aromatic N) is 2. The summed E-state index contributed by atoms with van der Waals surface area (Å²) in [5.41, 5.74) is 1.02. The van der Waals surface area contributed by atoms with Gasteiger partial charge in [0.05, 0.1) is 13.2 Å². The number of nitrogens with two attached hydrogens (primary N) is 1. The highest BCUT2D eigenvalue weighted by Gasteiger charge is 2.29. The molecule has 5 N–H and O–H groups in total. The molecule has 0 spiro atoms. The van der Waals surface area contributed by atoms with Gasteiger partial charge in [-0.05, 0) is 38.1 Å². The molecule has 10 heteroatoms. The molecule has 1 aromatic carbocycles. The molecular weight excluding hydrogens is 362 g/mol. The third-order valence-electron chi connectivity index (χ3n) is 3.27. The number of hydrogen-bond donors (Lipinski definition) is 4. The number of guanidine groups is 1. The average Bonchev–Trinajstić information content (AvgIpc) is 2.62. The molecule has 26 heavy (non-hydrogen) atoms. The van der Waals surface area contributed by atoms with E-state index in [4.69, 9.17) is 37.4 Å². The molecule has 9 nitrogen and oxygen atoms in total. The fourth-order valence-corrected chi connectivity index (χ4v) is 1.92. The van der Waals surface area contributed by atoms with Crippen molar-refractivity contribution in [1.82, 2.24) is 10.3 Å². The van der Waals surface area contributed by atoms with Crippen LogP contribution in [0.3, 0.4) is 0 Å². The average molecular weight is 386 g/mol. The summed E-state index contributed by atoms with van der Waals surface area (Å²) in [6.45, 7) is 5.75. The first-order valence-corrected chi connectivity index (χ1v) is 8.22. The Bertz CT molecular complexity index is 616. The predicted octanol–water partition coefficient (Wildman–Crippen LogP) is 1.33. The van der Waals surface area contributed by atoms with Crippen molar-refractivity contribution in [3.63, 3.8) is 0 Å². The van der Waals surface area contributed by atoms with Gasteiger partial charge in [-0.3, -0.25) is 5.41 Å². The number of nitrogens with one attached hydrogen (secondary N) is 2. The molecule has 0 unspecified atom stereocenters. The van der Waals surface area contributed by atoms with Crippen LogP contribution in [0.25, 0.3) is 0 Å². The summed E-state index contributed by atoms with van der Waals surface area (Å²) in [7, 11) is 0. The number of hydrogen-bond acceptors (Lipinski definition) is 5. The number of hydrazine groups is 1. The zero-order chi connectivity index (χ0) is 19.6. The monoisotopic (exact) mass is 385 g/mol. The number of carboxylic acid groups (broad SMARTS) is 1. The lowest BCUT2D eigenvalue weighted by molar-refractivity contribution is -0.152. The zero-order valence-electron chi connectivity index (χ0n) is 14.7. The summed E-state index contributed by atoms with van der Waals surface area (Å²) in [5.74, 6) is 4.67. The number of aliphatic carboxylic acids is 1. The van der Waals surface area contributed by atoms with Gasteiger partial charge in [0.1, 0.15) is 12.1 Å². The highest BCUT2D eigenvalue weighted by atomic mass is 35.5. The summed E-state index contributed by atoms with van der Waals surface area (Å²) in [6, 6.07) is 6.56. The van der Waals surface area contributed by atoms with E-state index in [1.807, 2.05) is 4.90 Å². The standard InChI is InChI=1S/C10H11ClO3.C6H13N5O/c1-10(2,9(12)13)14-8-5-3-7(11)4-6-8;7-6(9-5-10-8)11-1-3-12-4-2-11/h3-6H,1-2H3,(H,12,13);5H,1-4,8H2,(H2,7,9,10). The molecule has 0 atom stereocenters. The second-order valence-electron chi connectivity index (χ2n) is 5.72. The molecule has 0 bridgehead atoms. The third-order valence-corrected chi connectivity index (χ3v) is 3.53. The van der Waals surface area contributed by atoms with Gasteiger partial charge in [0.2, 0.25) is 5.96 Å². The number of carboxylic acids is 1. The Kier molecular flexibility index (Phi) is 8.83. The maximum Gasteiger partial charge on any atom is 0.347 e. The molecule has 1 aliphatic rings. The highest BCUT2D eigenvalue weighted by Crippen LogP contribution is 2.20. The van der Waals surface area contributed by atoms with Gasteiger partial charge in [-0.25, -0.2) is 15.6 Å². The van der Waals surface area contributed by atoms with Crippen LogP contribution in [-0.2, 0) is 9.53 Å². The van der Waals surface area contributed by atoms with E-state index < -0.39 is 11.6 Å². The molecule has 2 rings (SSSR count). The first-order valence-electron chi connectivity index (χ1n) is 7.84. The highest BCUT2D eigenvalue weighted by molar-refractivity contribution is 6.30. The van der Waals surface area contributed by atoms with Crippen LogP contribution in [0, 0.1) is 5.41 Å². The Morgan fingerprint density at radius 1 is 1.42 bits per heavy atom. The largest absolute Gasteiger partial charge is 0.478 e. The smallest absolute Gasteiger partial charge is 0.347 e. The van der Waals surface area contributed by atoms with Crippen molar-refractivity contribution in [3.8, 4) is 5.75 Å². The van der Waals surface area contributed by atoms with Crippen LogP contribution in [0.1, 0.15) is 13.8 Å². The molecular formula is C16H24ClN5O4. The number of rotatable bonds is 4. The summed E-state index contributed by atoms with van der Waals surface area (Å²) in [4.78, 5) is 16.3. The molecule has 1 aliphatic heterocycles. The van der Waals surface area contributed by atoms with E-state index in [0.29, 0.717) is 24.0 Å². The molecule has 1 saturated heterocycles. The Balaban J connectivity index is 0.000000263. The van der Waals surface area contributed by atoms with E-state index in [1.54, 1.807) is 24.3 Å². The minimum Gasteiger partial charge on any atom is -0.478 e. The minimum atomic E-state index is -1.23. The van der Waals surface area contributed by atoms with Crippen molar-refractivity contribution in [2.24, 2.45) is 10.8 Å². The normalized spacial score (nSPS) is 14.4. The van der Waals surface area contributed by atoms with Gasteiger partial charge < -0.3 is 24.9 Å². The molecule has 144 valence electrons. The number of ether oxygens (including phenoxy) is 2. The van der Waals surface area contributed by atoms with Crippen LogP contribution in [0.5, 0.6) is 5.75 Å². The van der Waals surface area contributed by atoms with Crippen LogP contribution in [0.2, 0.25) is 5.02 Å². The Morgan fingerprint density at radius 2 is 2.00 bits per heavy atom. The second-order valence-corrected chi connectivity index (χ2v) is 6.16. The molecule has 0 aliphatic carbocycles. The van der Waals surface area contributed by atoms with Crippen molar-refractivity contribution in [2.75, 3.05) is 26.3 Å². The lowest BCUT2D eigenvalue weighted by Gasteiger charge is -2.26. The van der Waals surface area contributed by atoms with Crippen LogP contribution in [0.15, 0.2) is 29.3 Å². The van der Waals surface area contributed by atoms with Gasteiger partial charge in [-0.2, -0.15) is 0 Å². The summed E-state index contributed by atoms with van der Waals surface area (Å²) in [5, 5.41) is 16.9. The van der Waals surface area contributed by atoms with E-state index in [-0.39, 0.29) is 5.96 Å². The van der Waals surface area contributed by atoms with Gasteiger partial charge >= 0.3 is 5.97 Å². The van der Waals surface area contributed by atoms with Crippen LogP contribution in [0.4, 0.5) is 0 Å². The van der Waals surface area contributed by atoms with Crippen molar-refractivity contribution >= 4 is 29.9 Å². The zero-order valence-corrected chi connectivity index (χ0v) is 15.5. The topological polar surface area (TPSA) is 133 Å².